The van der Waals surface area contributed by atoms with Crippen molar-refractivity contribution in [3.63, 3.8) is 0 Å². The monoisotopic (exact) mass is 255 g/mol. The number of carbonyl (C=O) groups excluding carboxylic acids is 1. The molecule has 1 rings (SSSR count). The number of aromatic amines is 1. The summed E-state index contributed by atoms with van der Waals surface area (Å²) in [7, 11) is 1.22. The molecule has 0 amide bonds. The molecule has 0 aliphatic rings. The molecular formula is C11H17N3O4. The predicted octanol–water partition coefficient (Wildman–Crippen LogP) is -0.161. The first-order valence-electron chi connectivity index (χ1n) is 5.54. The molecule has 0 aromatic carbocycles. The zero-order valence-corrected chi connectivity index (χ0v) is 10.6. The Morgan fingerprint density at radius 2 is 2.28 bits per heavy atom. The van der Waals surface area contributed by atoms with E-state index in [9.17, 15) is 9.59 Å². The zero-order valence-electron chi connectivity index (χ0n) is 10.6. The Balaban J connectivity index is 2.96. The Hall–Kier alpha value is -1.89. The lowest BCUT2D eigenvalue weighted by Gasteiger charge is -2.15. The number of hydrogen-bond donors (Lipinski definition) is 3. The summed E-state index contributed by atoms with van der Waals surface area (Å²) in [6.45, 7) is 3.32. The minimum Gasteiger partial charge on any atom is -0.467 e. The second kappa shape index (κ2) is 6.15. The van der Waals surface area contributed by atoms with Gasteiger partial charge < -0.3 is 20.1 Å². The van der Waals surface area contributed by atoms with Crippen LogP contribution in [0.25, 0.3) is 0 Å². The van der Waals surface area contributed by atoms with Crippen LogP contribution in [0.5, 0.6) is 0 Å². The van der Waals surface area contributed by atoms with Gasteiger partial charge in [-0.25, -0.2) is 9.78 Å². The summed E-state index contributed by atoms with van der Waals surface area (Å²) in [5.74, 6) is 0.161. The molecule has 0 saturated heterocycles. The van der Waals surface area contributed by atoms with Gasteiger partial charge in [0.15, 0.2) is 0 Å². The van der Waals surface area contributed by atoms with Crippen molar-refractivity contribution in [3.05, 3.63) is 22.2 Å². The highest BCUT2D eigenvalue weighted by atomic mass is 16.5. The van der Waals surface area contributed by atoms with Crippen LogP contribution in [0.1, 0.15) is 25.6 Å². The Morgan fingerprint density at radius 1 is 1.61 bits per heavy atom. The topological polar surface area (TPSA) is 104 Å². The number of rotatable bonds is 5. The van der Waals surface area contributed by atoms with E-state index in [0.717, 1.165) is 0 Å². The highest BCUT2D eigenvalue weighted by molar-refractivity contribution is 5.78. The molecule has 0 aliphatic carbocycles. The quantitative estimate of drug-likeness (QED) is 0.631. The average molecular weight is 255 g/mol. The molecule has 0 bridgehead atoms. The number of nitrogens with one attached hydrogen (secondary N) is 2. The maximum atomic E-state index is 11.4. The Labute approximate surface area is 104 Å². The number of aromatic nitrogens is 2. The van der Waals surface area contributed by atoms with E-state index >= 15 is 0 Å². The Bertz CT molecular complexity index is 470. The maximum absolute atomic E-state index is 11.4. The molecule has 1 heterocycles. The van der Waals surface area contributed by atoms with Crippen LogP contribution in [-0.4, -0.2) is 40.8 Å². The van der Waals surface area contributed by atoms with Gasteiger partial charge in [0, 0.05) is 12.0 Å². The van der Waals surface area contributed by atoms with Crippen molar-refractivity contribution in [2.75, 3.05) is 19.0 Å². The second-order valence-electron chi connectivity index (χ2n) is 4.07. The average Bonchev–Trinajstić information content (AvgIpc) is 2.34. The molecule has 0 spiro atoms. The summed E-state index contributed by atoms with van der Waals surface area (Å²) in [6, 6.07) is 0.279. The minimum absolute atomic E-state index is 0.0464. The third-order valence-electron chi connectivity index (χ3n) is 2.30. The van der Waals surface area contributed by atoms with Gasteiger partial charge in [-0.2, -0.15) is 0 Å². The first kappa shape index (κ1) is 14.2. The van der Waals surface area contributed by atoms with E-state index in [4.69, 9.17) is 5.11 Å². The summed E-state index contributed by atoms with van der Waals surface area (Å²) in [6.07, 6.45) is 0. The highest BCUT2D eigenvalue weighted by Gasteiger charge is 2.18. The molecular weight excluding hydrogens is 238 g/mol. The molecule has 100 valence electrons. The molecule has 0 fully saturated rings. The molecule has 7 nitrogen and oxygen atoms in total. The number of nitrogens with zero attached hydrogens (tertiary/aromatic N) is 1. The second-order valence-corrected chi connectivity index (χ2v) is 4.07. The van der Waals surface area contributed by atoms with E-state index in [1.165, 1.54) is 13.2 Å². The van der Waals surface area contributed by atoms with Crippen LogP contribution >= 0.6 is 0 Å². The van der Waals surface area contributed by atoms with E-state index in [2.05, 4.69) is 20.0 Å². The highest BCUT2D eigenvalue weighted by Crippen LogP contribution is 2.10. The number of aliphatic hydroxyl groups is 1. The van der Waals surface area contributed by atoms with E-state index in [0.29, 0.717) is 5.82 Å². The van der Waals surface area contributed by atoms with Gasteiger partial charge in [-0.05, 0) is 0 Å². The third kappa shape index (κ3) is 3.56. The molecule has 7 heteroatoms. The number of ether oxygens (including phenoxy) is 1. The number of H-pyrrole nitrogens is 1. The Morgan fingerprint density at radius 3 is 2.78 bits per heavy atom. The van der Waals surface area contributed by atoms with Gasteiger partial charge in [-0.1, -0.05) is 13.8 Å². The van der Waals surface area contributed by atoms with Gasteiger partial charge >= 0.3 is 5.97 Å². The van der Waals surface area contributed by atoms with E-state index in [-0.39, 0.29) is 17.3 Å². The number of hydrogen-bond acceptors (Lipinski definition) is 6. The molecule has 0 saturated carbocycles. The molecule has 18 heavy (non-hydrogen) atoms. The summed E-state index contributed by atoms with van der Waals surface area (Å²) < 4.78 is 4.51. The SMILES string of the molecule is COC(=O)C(CO)Nc1cc(=O)[nH]c(C(C)C)n1. The van der Waals surface area contributed by atoms with Crippen molar-refractivity contribution in [2.24, 2.45) is 0 Å². The molecule has 0 radical (unpaired) electrons. The number of methoxy groups -OCH3 is 1. The summed E-state index contributed by atoms with van der Waals surface area (Å²) in [5, 5.41) is 11.7. The van der Waals surface area contributed by atoms with Crippen molar-refractivity contribution in [1.82, 2.24) is 9.97 Å². The number of carbonyl (C=O) groups is 1. The molecule has 0 aliphatic heterocycles. The van der Waals surface area contributed by atoms with Crippen molar-refractivity contribution in [1.29, 1.82) is 0 Å². The van der Waals surface area contributed by atoms with Crippen LogP contribution in [0.3, 0.4) is 0 Å². The van der Waals surface area contributed by atoms with E-state index in [1.54, 1.807) is 0 Å². The van der Waals surface area contributed by atoms with E-state index < -0.39 is 18.6 Å². The van der Waals surface area contributed by atoms with Gasteiger partial charge in [0.2, 0.25) is 0 Å². The van der Waals surface area contributed by atoms with Gasteiger partial charge in [0.1, 0.15) is 17.7 Å². The zero-order chi connectivity index (χ0) is 13.7. The lowest BCUT2D eigenvalue weighted by atomic mass is 10.2. The van der Waals surface area contributed by atoms with Gasteiger partial charge in [0.25, 0.3) is 5.56 Å². The normalized spacial score (nSPS) is 12.3. The molecule has 1 unspecified atom stereocenters. The third-order valence-corrected chi connectivity index (χ3v) is 2.30. The van der Waals surface area contributed by atoms with Crippen LogP contribution in [0.4, 0.5) is 5.82 Å². The van der Waals surface area contributed by atoms with Crippen LogP contribution in [0.15, 0.2) is 10.9 Å². The molecule has 1 aromatic rings. The summed E-state index contributed by atoms with van der Waals surface area (Å²) in [5.41, 5.74) is -0.322. The number of aliphatic hydroxyl groups excluding tert-OH is 1. The summed E-state index contributed by atoms with van der Waals surface area (Å²) in [4.78, 5) is 29.5. The van der Waals surface area contributed by atoms with Crippen molar-refractivity contribution >= 4 is 11.8 Å². The fourth-order valence-electron chi connectivity index (χ4n) is 1.32. The smallest absolute Gasteiger partial charge is 0.330 e. The number of esters is 1. The van der Waals surface area contributed by atoms with Crippen molar-refractivity contribution < 1.29 is 14.6 Å². The lowest BCUT2D eigenvalue weighted by molar-refractivity contribution is -0.142. The van der Waals surface area contributed by atoms with Crippen LogP contribution in [0.2, 0.25) is 0 Å². The minimum atomic E-state index is -0.940. The fraction of sp³-hybridized carbons (Fsp3) is 0.545. The standard InChI is InChI=1S/C11H17N3O4/c1-6(2)10-13-8(4-9(16)14-10)12-7(5-15)11(17)18-3/h4,6-7,15H,5H2,1-3H3,(H2,12,13,14,16). The maximum Gasteiger partial charge on any atom is 0.330 e. The van der Waals surface area contributed by atoms with Crippen LogP contribution < -0.4 is 10.9 Å². The first-order valence-corrected chi connectivity index (χ1v) is 5.54. The Kier molecular flexibility index (Phi) is 4.85. The lowest BCUT2D eigenvalue weighted by Crippen LogP contribution is -2.35. The van der Waals surface area contributed by atoms with Crippen LogP contribution in [-0.2, 0) is 9.53 Å². The molecule has 1 aromatic heterocycles. The summed E-state index contributed by atoms with van der Waals surface area (Å²) >= 11 is 0. The van der Waals surface area contributed by atoms with Crippen molar-refractivity contribution in [2.45, 2.75) is 25.8 Å². The fourth-order valence-corrected chi connectivity index (χ4v) is 1.32. The predicted molar refractivity (Wildman–Crippen MR) is 65.5 cm³/mol. The molecule has 3 N–H and O–H groups in total. The molecule has 1 atom stereocenters. The van der Waals surface area contributed by atoms with Gasteiger partial charge in [-0.3, -0.25) is 4.79 Å². The van der Waals surface area contributed by atoms with E-state index in [1.807, 2.05) is 13.8 Å². The first-order chi connectivity index (χ1) is 8.47. The number of anilines is 1. The van der Waals surface area contributed by atoms with Gasteiger partial charge in [0.05, 0.1) is 13.7 Å². The van der Waals surface area contributed by atoms with Crippen molar-refractivity contribution in [3.8, 4) is 0 Å². The largest absolute Gasteiger partial charge is 0.467 e. The van der Waals surface area contributed by atoms with Gasteiger partial charge in [-0.15, -0.1) is 0 Å². The van der Waals surface area contributed by atoms with Crippen LogP contribution in [0, 0.1) is 0 Å².